The first-order chi connectivity index (χ1) is 6.43. The number of rotatable bonds is 2. The van der Waals surface area contributed by atoms with E-state index in [0.717, 1.165) is 19.3 Å². The Kier molecular flexibility index (Phi) is 2.29. The molecule has 12 heavy (non-hydrogen) atoms. The Balaban J connectivity index is 2.76. The highest BCUT2D eigenvalue weighted by Crippen LogP contribution is 2.28. The van der Waals surface area contributed by atoms with Crippen LogP contribution < -0.4 is 0 Å². The summed E-state index contributed by atoms with van der Waals surface area (Å²) in [6.45, 7) is -1.49. The van der Waals surface area contributed by atoms with Crippen molar-refractivity contribution in [2.45, 2.75) is 44.2 Å². The quantitative estimate of drug-likeness (QED) is 0.682. The van der Waals surface area contributed by atoms with Gasteiger partial charge in [-0.2, -0.15) is 8.42 Å². The maximum absolute atomic E-state index is 11.0. The largest absolute Gasteiger partial charge is 0.285 e. The topological polar surface area (TPSA) is 54.4 Å². The van der Waals surface area contributed by atoms with Crippen LogP contribution in [-0.4, -0.2) is 18.2 Å². The molecule has 1 atom stereocenters. The fourth-order valence-corrected chi connectivity index (χ4v) is 2.46. The zero-order valence-electron chi connectivity index (χ0n) is 8.94. The third-order valence-electron chi connectivity index (χ3n) is 2.46. The first kappa shape index (κ1) is 7.33. The van der Waals surface area contributed by atoms with Gasteiger partial charge in [0, 0.05) is 2.74 Å². The van der Waals surface area contributed by atoms with Crippen LogP contribution in [0.2, 0.25) is 0 Å². The van der Waals surface area contributed by atoms with Gasteiger partial charge in [0.2, 0.25) is 0 Å². The molecular weight excluding hydrogens is 176 g/mol. The minimum absolute atomic E-state index is 0.209. The highest BCUT2D eigenvalue weighted by Gasteiger charge is 2.28. The Hall–Kier alpha value is -0.0900. The smallest absolute Gasteiger partial charge is 0.267 e. The zero-order valence-corrected chi connectivity index (χ0v) is 7.76. The van der Waals surface area contributed by atoms with Gasteiger partial charge in [0.25, 0.3) is 10.1 Å². The molecule has 1 rings (SSSR count). The van der Waals surface area contributed by atoms with Crippen LogP contribution in [0, 0.1) is 5.92 Å². The van der Waals surface area contributed by atoms with Gasteiger partial charge in [-0.1, -0.05) is 19.3 Å². The van der Waals surface area contributed by atoms with Crippen molar-refractivity contribution >= 4 is 10.1 Å². The predicted molar refractivity (Wildman–Crippen MR) is 47.6 cm³/mol. The second-order valence-corrected chi connectivity index (χ2v) is 4.95. The lowest BCUT2D eigenvalue weighted by atomic mass is 9.87. The summed E-state index contributed by atoms with van der Waals surface area (Å²) in [5.41, 5.74) is 0. The van der Waals surface area contributed by atoms with E-state index in [2.05, 4.69) is 0 Å². The lowest BCUT2D eigenvalue weighted by molar-refractivity contribution is 0.335. The number of hydrogen-bond donors (Lipinski definition) is 1. The van der Waals surface area contributed by atoms with E-state index in [-0.39, 0.29) is 5.92 Å². The van der Waals surface area contributed by atoms with Crippen LogP contribution >= 0.6 is 0 Å². The Morgan fingerprint density at radius 3 is 2.42 bits per heavy atom. The molecule has 1 N–H and O–H groups in total. The molecular formula is C8H16O3S. The van der Waals surface area contributed by atoms with Gasteiger partial charge in [-0.3, -0.25) is 4.55 Å². The summed E-state index contributed by atoms with van der Waals surface area (Å²) in [6.07, 6.45) is 4.36. The second kappa shape index (κ2) is 3.75. The van der Waals surface area contributed by atoms with E-state index in [0.29, 0.717) is 12.8 Å². The fourth-order valence-electron chi connectivity index (χ4n) is 1.71. The predicted octanol–water partition coefficient (Wildman–Crippen LogP) is 1.84. The maximum atomic E-state index is 11.0. The molecule has 0 aromatic heterocycles. The van der Waals surface area contributed by atoms with Crippen molar-refractivity contribution in [3.8, 4) is 0 Å². The molecule has 0 heterocycles. The summed E-state index contributed by atoms with van der Waals surface area (Å²) in [6, 6.07) is 0. The van der Waals surface area contributed by atoms with E-state index in [1.54, 1.807) is 0 Å². The fraction of sp³-hybridized carbons (Fsp3) is 1.00. The molecule has 0 bridgehead atoms. The van der Waals surface area contributed by atoms with E-state index in [9.17, 15) is 8.42 Å². The molecule has 0 aliphatic heterocycles. The van der Waals surface area contributed by atoms with Crippen LogP contribution in [0.1, 0.15) is 41.7 Å². The van der Waals surface area contributed by atoms with Gasteiger partial charge in [-0.15, -0.1) is 0 Å². The maximum Gasteiger partial charge on any atom is 0.267 e. The van der Waals surface area contributed by atoms with E-state index in [1.165, 1.54) is 0 Å². The number of hydrogen-bond acceptors (Lipinski definition) is 2. The van der Waals surface area contributed by atoms with Gasteiger partial charge in [0.05, 0.1) is 5.25 Å². The summed E-state index contributed by atoms with van der Waals surface area (Å²) < 4.78 is 45.2. The Morgan fingerprint density at radius 2 is 2.00 bits per heavy atom. The van der Waals surface area contributed by atoms with Gasteiger partial charge in [-0.25, -0.2) is 0 Å². The standard InChI is InChI=1S/C8H16O3S/c1-7(12(9,10)11)8-5-3-2-4-6-8/h7-8H,2-6H2,1H3,(H,9,10,11)/i1D2. The SMILES string of the molecule is [2H]C([2H])C(C1CCCCC1)S(=O)(=O)O. The molecule has 4 heteroatoms. The third-order valence-corrected chi connectivity index (χ3v) is 3.53. The molecule has 1 saturated carbocycles. The van der Waals surface area contributed by atoms with Crippen LogP contribution in [0.15, 0.2) is 0 Å². The molecule has 0 radical (unpaired) electrons. The summed E-state index contributed by atoms with van der Waals surface area (Å²) in [7, 11) is -4.24. The van der Waals surface area contributed by atoms with Crippen molar-refractivity contribution < 1.29 is 15.7 Å². The van der Waals surface area contributed by atoms with Gasteiger partial charge in [0.1, 0.15) is 0 Å². The summed E-state index contributed by atoms with van der Waals surface area (Å²) in [5, 5.41) is -1.22. The summed E-state index contributed by atoms with van der Waals surface area (Å²) in [4.78, 5) is 0. The van der Waals surface area contributed by atoms with Crippen molar-refractivity contribution in [3.63, 3.8) is 0 Å². The van der Waals surface area contributed by atoms with Crippen molar-refractivity contribution in [2.75, 3.05) is 0 Å². The summed E-state index contributed by atoms with van der Waals surface area (Å²) >= 11 is 0. The van der Waals surface area contributed by atoms with E-state index < -0.39 is 22.2 Å². The van der Waals surface area contributed by atoms with E-state index >= 15 is 0 Å². The van der Waals surface area contributed by atoms with Crippen molar-refractivity contribution in [1.82, 2.24) is 0 Å². The molecule has 1 aliphatic carbocycles. The highest BCUT2D eigenvalue weighted by molar-refractivity contribution is 7.86. The first-order valence-corrected chi connectivity index (χ1v) is 5.74. The van der Waals surface area contributed by atoms with Crippen LogP contribution in [0.5, 0.6) is 0 Å². The van der Waals surface area contributed by atoms with Crippen LogP contribution in [0.25, 0.3) is 0 Å². The highest BCUT2D eigenvalue weighted by atomic mass is 32.2. The first-order valence-electron chi connectivity index (χ1n) is 5.39. The molecule has 0 saturated heterocycles. The molecule has 0 amide bonds. The molecule has 0 spiro atoms. The molecule has 3 nitrogen and oxygen atoms in total. The normalized spacial score (nSPS) is 26.5. The zero-order chi connectivity index (χ0) is 10.8. The molecule has 1 fully saturated rings. The Labute approximate surface area is 76.7 Å². The molecule has 0 aromatic rings. The monoisotopic (exact) mass is 194 g/mol. The Bertz CT molecular complexity index is 270. The summed E-state index contributed by atoms with van der Waals surface area (Å²) in [5.74, 6) is -0.209. The van der Waals surface area contributed by atoms with E-state index in [4.69, 9.17) is 7.29 Å². The van der Waals surface area contributed by atoms with Crippen LogP contribution in [0.3, 0.4) is 0 Å². The van der Waals surface area contributed by atoms with Crippen LogP contribution in [-0.2, 0) is 10.1 Å². The lowest BCUT2D eigenvalue weighted by Gasteiger charge is -2.25. The van der Waals surface area contributed by atoms with E-state index in [1.807, 2.05) is 0 Å². The minimum atomic E-state index is -4.24. The van der Waals surface area contributed by atoms with Crippen molar-refractivity contribution in [3.05, 3.63) is 0 Å². The van der Waals surface area contributed by atoms with Crippen molar-refractivity contribution in [1.29, 1.82) is 0 Å². The average molecular weight is 194 g/mol. The molecule has 0 aromatic carbocycles. The lowest BCUT2D eigenvalue weighted by Crippen LogP contribution is -2.27. The second-order valence-electron chi connectivity index (χ2n) is 3.38. The van der Waals surface area contributed by atoms with Gasteiger partial charge in [-0.05, 0) is 25.6 Å². The van der Waals surface area contributed by atoms with Crippen molar-refractivity contribution in [2.24, 2.45) is 5.92 Å². The van der Waals surface area contributed by atoms with Gasteiger partial charge < -0.3 is 0 Å². The molecule has 1 aliphatic rings. The molecule has 72 valence electrons. The Morgan fingerprint density at radius 1 is 1.42 bits per heavy atom. The third kappa shape index (κ3) is 2.45. The average Bonchev–Trinajstić information content (AvgIpc) is 2.02. The van der Waals surface area contributed by atoms with Crippen LogP contribution in [0.4, 0.5) is 0 Å². The minimum Gasteiger partial charge on any atom is -0.285 e. The van der Waals surface area contributed by atoms with Gasteiger partial charge >= 0.3 is 0 Å². The molecule has 1 unspecified atom stereocenters. The van der Waals surface area contributed by atoms with Gasteiger partial charge in [0.15, 0.2) is 0 Å².